The molecule has 0 unspecified atom stereocenters. The number of fused-ring (bicyclic) bond motifs is 2. The lowest BCUT2D eigenvalue weighted by atomic mass is 10.1. The molecule has 9 heteroatoms. The Kier molecular flexibility index (Phi) is 5.14. The first-order chi connectivity index (χ1) is 15.3. The molecule has 8 nitrogen and oxygen atoms in total. The summed E-state index contributed by atoms with van der Waals surface area (Å²) in [5, 5.41) is 18.8. The Morgan fingerprint density at radius 3 is 2.56 bits per heavy atom. The molecule has 2 aromatic carbocycles. The summed E-state index contributed by atoms with van der Waals surface area (Å²) < 4.78 is 9.27. The number of aromatic nitrogens is 4. The van der Waals surface area contributed by atoms with Gasteiger partial charge in [-0.1, -0.05) is 11.6 Å². The van der Waals surface area contributed by atoms with E-state index in [9.17, 15) is 0 Å². The first-order valence-electron chi connectivity index (χ1n) is 10.8. The summed E-state index contributed by atoms with van der Waals surface area (Å²) in [6.45, 7) is 6.30. The second-order valence-electron chi connectivity index (χ2n) is 8.71. The number of nitrogens with zero attached hydrogens (tertiary/aromatic N) is 5. The zero-order valence-electron chi connectivity index (χ0n) is 19.0. The van der Waals surface area contributed by atoms with Crippen molar-refractivity contribution in [1.29, 1.82) is 0 Å². The summed E-state index contributed by atoms with van der Waals surface area (Å²) in [5.41, 5.74) is 3.79. The van der Waals surface area contributed by atoms with E-state index in [1.807, 2.05) is 43.2 Å². The molecule has 168 valence electrons. The minimum absolute atomic E-state index is 0.423. The smallest absolute Gasteiger partial charge is 0.161 e. The van der Waals surface area contributed by atoms with Crippen LogP contribution in [0.4, 0.5) is 17.2 Å². The van der Waals surface area contributed by atoms with E-state index >= 15 is 0 Å². The van der Waals surface area contributed by atoms with E-state index in [1.54, 1.807) is 11.8 Å². The monoisotopic (exact) mass is 453 g/mol. The Morgan fingerprint density at radius 2 is 1.84 bits per heavy atom. The standard InChI is InChI=1S/C23H28ClN7O/c1-13-10-31(11-14(2)25-13)16-7-17(24)22-20(8-16)30(4)28-23(22)26-19-6-15-12-29(3)27-18(15)9-21(19)32-5/h6-9,12-14,25H,10-11H2,1-5H3,(H,26,28)/t13-,14-/m0/s1. The number of aryl methyl sites for hydroxylation is 2. The van der Waals surface area contributed by atoms with E-state index < -0.39 is 0 Å². The average Bonchev–Trinajstić information content (AvgIpc) is 3.25. The molecule has 0 amide bonds. The molecular formula is C23H28ClN7O. The van der Waals surface area contributed by atoms with E-state index in [0.717, 1.165) is 46.3 Å². The van der Waals surface area contributed by atoms with Crippen molar-refractivity contribution in [2.75, 3.05) is 30.4 Å². The number of methoxy groups -OCH3 is 1. The second-order valence-corrected chi connectivity index (χ2v) is 9.11. The van der Waals surface area contributed by atoms with Gasteiger partial charge in [-0.15, -0.1) is 0 Å². The molecule has 0 bridgehead atoms. The van der Waals surface area contributed by atoms with Gasteiger partial charge in [0, 0.05) is 62.6 Å². The SMILES string of the molecule is COc1cc2nn(C)cc2cc1Nc1nn(C)c2cc(N3C[C@H](C)N[C@@H](C)C3)cc(Cl)c12. The van der Waals surface area contributed by atoms with Crippen molar-refractivity contribution in [3.8, 4) is 5.75 Å². The Morgan fingerprint density at radius 1 is 1.09 bits per heavy atom. The van der Waals surface area contributed by atoms with Crippen LogP contribution in [0.2, 0.25) is 5.02 Å². The highest BCUT2D eigenvalue weighted by Gasteiger charge is 2.23. The van der Waals surface area contributed by atoms with Gasteiger partial charge in [0.05, 0.1) is 34.2 Å². The number of ether oxygens (including phenoxy) is 1. The summed E-state index contributed by atoms with van der Waals surface area (Å²) >= 11 is 6.83. The minimum atomic E-state index is 0.423. The highest BCUT2D eigenvalue weighted by molar-refractivity contribution is 6.37. The molecule has 4 aromatic rings. The molecule has 0 saturated carbocycles. The molecule has 2 N–H and O–H groups in total. The first-order valence-corrected chi connectivity index (χ1v) is 11.2. The summed E-state index contributed by atoms with van der Waals surface area (Å²) in [5.74, 6) is 1.40. The number of halogens is 1. The lowest BCUT2D eigenvalue weighted by Gasteiger charge is -2.37. The van der Waals surface area contributed by atoms with Gasteiger partial charge in [-0.2, -0.15) is 10.2 Å². The van der Waals surface area contributed by atoms with Crippen LogP contribution in [-0.4, -0.2) is 51.8 Å². The van der Waals surface area contributed by atoms with Gasteiger partial charge in [-0.3, -0.25) is 9.36 Å². The van der Waals surface area contributed by atoms with Crippen molar-refractivity contribution in [2.45, 2.75) is 25.9 Å². The lowest BCUT2D eigenvalue weighted by molar-refractivity contribution is 0.407. The highest BCUT2D eigenvalue weighted by Crippen LogP contribution is 2.38. The fraction of sp³-hybridized carbons (Fsp3) is 0.391. The molecule has 2 atom stereocenters. The third-order valence-corrected chi connectivity index (χ3v) is 6.30. The zero-order valence-corrected chi connectivity index (χ0v) is 19.7. The number of nitrogens with one attached hydrogen (secondary N) is 2. The molecule has 1 aliphatic heterocycles. The number of anilines is 3. The van der Waals surface area contributed by atoms with Gasteiger partial charge in [-0.05, 0) is 32.0 Å². The fourth-order valence-corrected chi connectivity index (χ4v) is 5.00. The van der Waals surface area contributed by atoms with Crippen molar-refractivity contribution in [3.05, 3.63) is 35.5 Å². The van der Waals surface area contributed by atoms with Gasteiger partial charge in [0.1, 0.15) is 5.75 Å². The van der Waals surface area contributed by atoms with Gasteiger partial charge < -0.3 is 20.3 Å². The average molecular weight is 454 g/mol. The number of rotatable bonds is 4. The predicted molar refractivity (Wildman–Crippen MR) is 131 cm³/mol. The van der Waals surface area contributed by atoms with Crippen molar-refractivity contribution in [3.63, 3.8) is 0 Å². The van der Waals surface area contributed by atoms with Crippen molar-refractivity contribution < 1.29 is 4.74 Å². The molecule has 32 heavy (non-hydrogen) atoms. The molecule has 0 aliphatic carbocycles. The molecule has 1 fully saturated rings. The summed E-state index contributed by atoms with van der Waals surface area (Å²) in [6, 6.07) is 9.01. The molecule has 0 radical (unpaired) electrons. The Hall–Kier alpha value is -2.97. The van der Waals surface area contributed by atoms with Crippen LogP contribution >= 0.6 is 11.6 Å². The number of benzene rings is 2. The Bertz CT molecular complexity index is 1300. The molecular weight excluding hydrogens is 426 g/mol. The quantitative estimate of drug-likeness (QED) is 0.485. The third-order valence-electron chi connectivity index (χ3n) is 6.01. The molecule has 2 aromatic heterocycles. The topological polar surface area (TPSA) is 72.2 Å². The van der Waals surface area contributed by atoms with Gasteiger partial charge in [-0.25, -0.2) is 0 Å². The maximum absolute atomic E-state index is 6.83. The van der Waals surface area contributed by atoms with E-state index in [-0.39, 0.29) is 0 Å². The van der Waals surface area contributed by atoms with Crippen LogP contribution < -0.4 is 20.3 Å². The van der Waals surface area contributed by atoms with Crippen molar-refractivity contribution in [2.24, 2.45) is 14.1 Å². The van der Waals surface area contributed by atoms with Gasteiger partial charge in [0.15, 0.2) is 5.82 Å². The molecule has 1 saturated heterocycles. The second kappa shape index (κ2) is 7.86. The predicted octanol–water partition coefficient (Wildman–Crippen LogP) is 4.05. The Balaban J connectivity index is 1.55. The van der Waals surface area contributed by atoms with Crippen LogP contribution in [0.25, 0.3) is 21.8 Å². The molecule has 5 rings (SSSR count). The van der Waals surface area contributed by atoms with Crippen LogP contribution in [0, 0.1) is 0 Å². The first kappa shape index (κ1) is 20.9. The van der Waals surface area contributed by atoms with Crippen LogP contribution in [0.15, 0.2) is 30.5 Å². The number of hydrogen-bond acceptors (Lipinski definition) is 6. The lowest BCUT2D eigenvalue weighted by Crippen LogP contribution is -2.54. The summed E-state index contributed by atoms with van der Waals surface area (Å²) in [4.78, 5) is 2.39. The molecule has 0 spiro atoms. The van der Waals surface area contributed by atoms with Gasteiger partial charge >= 0.3 is 0 Å². The van der Waals surface area contributed by atoms with Crippen LogP contribution in [0.1, 0.15) is 13.8 Å². The van der Waals surface area contributed by atoms with Gasteiger partial charge in [0.25, 0.3) is 0 Å². The highest BCUT2D eigenvalue weighted by atomic mass is 35.5. The van der Waals surface area contributed by atoms with Crippen molar-refractivity contribution in [1.82, 2.24) is 24.9 Å². The zero-order chi connectivity index (χ0) is 22.6. The van der Waals surface area contributed by atoms with Crippen LogP contribution in [0.5, 0.6) is 5.75 Å². The van der Waals surface area contributed by atoms with Crippen LogP contribution in [-0.2, 0) is 14.1 Å². The fourth-order valence-electron chi connectivity index (χ4n) is 4.70. The van der Waals surface area contributed by atoms with E-state index in [2.05, 4.69) is 40.5 Å². The number of piperazine rings is 1. The molecule has 1 aliphatic rings. The van der Waals surface area contributed by atoms with Crippen LogP contribution in [0.3, 0.4) is 0 Å². The maximum Gasteiger partial charge on any atom is 0.161 e. The largest absolute Gasteiger partial charge is 0.494 e. The minimum Gasteiger partial charge on any atom is -0.494 e. The summed E-state index contributed by atoms with van der Waals surface area (Å²) in [7, 11) is 5.50. The number of hydrogen-bond donors (Lipinski definition) is 2. The summed E-state index contributed by atoms with van der Waals surface area (Å²) in [6.07, 6.45) is 1.98. The van der Waals surface area contributed by atoms with E-state index in [4.69, 9.17) is 21.4 Å². The van der Waals surface area contributed by atoms with E-state index in [0.29, 0.717) is 28.7 Å². The van der Waals surface area contributed by atoms with Gasteiger partial charge in [0.2, 0.25) is 0 Å². The molecule has 3 heterocycles. The normalized spacial score (nSPS) is 19.1. The maximum atomic E-state index is 6.83. The Labute approximate surface area is 192 Å². The van der Waals surface area contributed by atoms with Crippen molar-refractivity contribution >= 4 is 50.6 Å². The van der Waals surface area contributed by atoms with E-state index in [1.165, 1.54) is 0 Å². The third kappa shape index (κ3) is 3.63.